The number of hydrogen-bond donors (Lipinski definition) is 1. The maximum atomic E-state index is 6.38. The summed E-state index contributed by atoms with van der Waals surface area (Å²) < 4.78 is 5.73. The van der Waals surface area contributed by atoms with E-state index in [0.29, 0.717) is 0 Å². The van der Waals surface area contributed by atoms with E-state index in [9.17, 15) is 0 Å². The van der Waals surface area contributed by atoms with Crippen LogP contribution < -0.4 is 10.5 Å². The van der Waals surface area contributed by atoms with Crippen molar-refractivity contribution in [1.29, 1.82) is 0 Å². The van der Waals surface area contributed by atoms with Crippen LogP contribution in [0.1, 0.15) is 49.3 Å². The zero-order valence-electron chi connectivity index (χ0n) is 10.6. The normalized spacial score (nSPS) is 20.8. The van der Waals surface area contributed by atoms with Gasteiger partial charge in [0.15, 0.2) is 0 Å². The highest BCUT2D eigenvalue weighted by Gasteiger charge is 2.24. The lowest BCUT2D eigenvalue weighted by Gasteiger charge is -2.19. The van der Waals surface area contributed by atoms with Crippen LogP contribution in [0.4, 0.5) is 0 Å². The van der Waals surface area contributed by atoms with Gasteiger partial charge in [-0.05, 0) is 30.0 Å². The lowest BCUT2D eigenvalue weighted by atomic mass is 9.92. The molecule has 1 fully saturated rings. The summed E-state index contributed by atoms with van der Waals surface area (Å²) in [6.45, 7) is 0.763. The summed E-state index contributed by atoms with van der Waals surface area (Å²) >= 11 is 6.18. The van der Waals surface area contributed by atoms with Gasteiger partial charge in [-0.1, -0.05) is 37.3 Å². The van der Waals surface area contributed by atoms with E-state index in [4.69, 9.17) is 22.1 Å². The summed E-state index contributed by atoms with van der Waals surface area (Å²) in [6, 6.07) is 4.07. The molecule has 0 radical (unpaired) electrons. The molecule has 1 saturated carbocycles. The third kappa shape index (κ3) is 2.36. The monoisotopic (exact) mass is 265 g/mol. The van der Waals surface area contributed by atoms with Crippen LogP contribution in [0.15, 0.2) is 12.1 Å². The van der Waals surface area contributed by atoms with Crippen LogP contribution in [0.5, 0.6) is 5.75 Å². The number of benzene rings is 1. The number of nitrogens with two attached hydrogens (primary N) is 1. The maximum Gasteiger partial charge on any atom is 0.127 e. The third-order valence-corrected chi connectivity index (χ3v) is 4.46. The fraction of sp³-hybridized carbons (Fsp3) is 0.600. The Balaban J connectivity index is 1.82. The van der Waals surface area contributed by atoms with Crippen molar-refractivity contribution >= 4 is 11.6 Å². The number of fused-ring (bicyclic) bond motifs is 1. The Hall–Kier alpha value is -0.730. The lowest BCUT2D eigenvalue weighted by Crippen LogP contribution is -2.15. The fourth-order valence-corrected chi connectivity index (χ4v) is 3.55. The molecule has 3 heteroatoms. The van der Waals surface area contributed by atoms with Crippen LogP contribution in [0.2, 0.25) is 5.02 Å². The average molecular weight is 266 g/mol. The Labute approximate surface area is 113 Å². The summed E-state index contributed by atoms with van der Waals surface area (Å²) in [6.07, 6.45) is 7.41. The van der Waals surface area contributed by atoms with Crippen molar-refractivity contribution in [2.45, 2.75) is 44.6 Å². The highest BCUT2D eigenvalue weighted by atomic mass is 35.5. The van der Waals surface area contributed by atoms with Crippen molar-refractivity contribution in [2.75, 3.05) is 6.61 Å². The fourth-order valence-electron chi connectivity index (χ4n) is 3.31. The molecule has 1 aliphatic carbocycles. The van der Waals surface area contributed by atoms with Gasteiger partial charge < -0.3 is 10.5 Å². The predicted molar refractivity (Wildman–Crippen MR) is 74.2 cm³/mol. The second-order valence-electron chi connectivity index (χ2n) is 5.57. The molecule has 1 atom stereocenters. The molecule has 0 bridgehead atoms. The molecular formula is C15H20ClNO. The molecular weight excluding hydrogens is 246 g/mol. The Morgan fingerprint density at radius 2 is 2.11 bits per heavy atom. The first-order chi connectivity index (χ1) is 8.74. The standard InChI is InChI=1S/C15H20ClNO/c16-12-8-11-5-6-18-15(11)13(9-12)14(17)7-10-3-1-2-4-10/h8-10,14H,1-7,17H2. The van der Waals surface area contributed by atoms with Crippen LogP contribution in [0.25, 0.3) is 0 Å². The number of ether oxygens (including phenoxy) is 1. The zero-order chi connectivity index (χ0) is 12.5. The third-order valence-electron chi connectivity index (χ3n) is 4.24. The van der Waals surface area contributed by atoms with Crippen molar-refractivity contribution in [2.24, 2.45) is 11.7 Å². The van der Waals surface area contributed by atoms with Gasteiger partial charge in [0, 0.05) is 23.0 Å². The van der Waals surface area contributed by atoms with Gasteiger partial charge in [0.25, 0.3) is 0 Å². The van der Waals surface area contributed by atoms with E-state index in [1.54, 1.807) is 0 Å². The van der Waals surface area contributed by atoms with Crippen LogP contribution in [0.3, 0.4) is 0 Å². The molecule has 1 aromatic rings. The van der Waals surface area contributed by atoms with Crippen LogP contribution in [-0.4, -0.2) is 6.61 Å². The van der Waals surface area contributed by atoms with Crippen LogP contribution >= 0.6 is 11.6 Å². The zero-order valence-corrected chi connectivity index (χ0v) is 11.4. The first kappa shape index (κ1) is 12.3. The first-order valence-electron chi connectivity index (χ1n) is 6.95. The van der Waals surface area contributed by atoms with E-state index in [1.807, 2.05) is 12.1 Å². The molecule has 2 nitrogen and oxygen atoms in total. The van der Waals surface area contributed by atoms with E-state index in [2.05, 4.69) is 0 Å². The van der Waals surface area contributed by atoms with Gasteiger partial charge in [-0.15, -0.1) is 0 Å². The largest absolute Gasteiger partial charge is 0.493 e. The Morgan fingerprint density at radius 3 is 2.89 bits per heavy atom. The first-order valence-corrected chi connectivity index (χ1v) is 7.32. The van der Waals surface area contributed by atoms with Crippen LogP contribution in [-0.2, 0) is 6.42 Å². The van der Waals surface area contributed by atoms with E-state index in [1.165, 1.54) is 31.2 Å². The number of halogens is 1. The molecule has 18 heavy (non-hydrogen) atoms. The summed E-state index contributed by atoms with van der Waals surface area (Å²) in [7, 11) is 0. The Bertz CT molecular complexity index is 440. The molecule has 1 aliphatic heterocycles. The quantitative estimate of drug-likeness (QED) is 0.901. The second kappa shape index (κ2) is 5.10. The molecule has 0 spiro atoms. The van der Waals surface area contributed by atoms with Gasteiger partial charge in [-0.2, -0.15) is 0 Å². The molecule has 1 heterocycles. The minimum atomic E-state index is 0.0682. The van der Waals surface area contributed by atoms with Gasteiger partial charge in [0.1, 0.15) is 5.75 Å². The smallest absolute Gasteiger partial charge is 0.127 e. The predicted octanol–water partition coefficient (Wildman–Crippen LogP) is 3.86. The summed E-state index contributed by atoms with van der Waals surface area (Å²) in [5, 5.41) is 0.788. The molecule has 2 N–H and O–H groups in total. The lowest BCUT2D eigenvalue weighted by molar-refractivity contribution is 0.347. The van der Waals surface area contributed by atoms with Crippen LogP contribution in [0, 0.1) is 5.92 Å². The number of hydrogen-bond acceptors (Lipinski definition) is 2. The summed E-state index contributed by atoms with van der Waals surface area (Å²) in [5.74, 6) is 1.79. The maximum absolute atomic E-state index is 6.38. The molecule has 3 rings (SSSR count). The summed E-state index contributed by atoms with van der Waals surface area (Å²) in [5.41, 5.74) is 8.71. The SMILES string of the molecule is NC(CC1CCCC1)c1cc(Cl)cc2c1OCC2. The van der Waals surface area contributed by atoms with E-state index in [0.717, 1.165) is 41.7 Å². The van der Waals surface area contributed by atoms with Crippen molar-refractivity contribution in [3.8, 4) is 5.75 Å². The Morgan fingerprint density at radius 1 is 1.33 bits per heavy atom. The molecule has 98 valence electrons. The minimum absolute atomic E-state index is 0.0682. The van der Waals surface area contributed by atoms with Gasteiger partial charge in [-0.25, -0.2) is 0 Å². The second-order valence-corrected chi connectivity index (χ2v) is 6.01. The highest BCUT2D eigenvalue weighted by Crippen LogP contribution is 2.39. The number of rotatable bonds is 3. The van der Waals surface area contributed by atoms with Crippen molar-refractivity contribution in [3.63, 3.8) is 0 Å². The molecule has 1 aromatic carbocycles. The van der Waals surface area contributed by atoms with Gasteiger partial charge in [0.05, 0.1) is 6.61 Å². The Kier molecular flexibility index (Phi) is 3.49. The minimum Gasteiger partial charge on any atom is -0.493 e. The van der Waals surface area contributed by atoms with Gasteiger partial charge >= 0.3 is 0 Å². The van der Waals surface area contributed by atoms with E-state index < -0.39 is 0 Å². The molecule has 0 saturated heterocycles. The van der Waals surface area contributed by atoms with E-state index >= 15 is 0 Å². The van der Waals surface area contributed by atoms with Crippen molar-refractivity contribution in [3.05, 3.63) is 28.3 Å². The van der Waals surface area contributed by atoms with E-state index in [-0.39, 0.29) is 6.04 Å². The van der Waals surface area contributed by atoms with Gasteiger partial charge in [-0.3, -0.25) is 0 Å². The van der Waals surface area contributed by atoms with Crippen molar-refractivity contribution in [1.82, 2.24) is 0 Å². The molecule has 0 amide bonds. The topological polar surface area (TPSA) is 35.2 Å². The summed E-state index contributed by atoms with van der Waals surface area (Å²) in [4.78, 5) is 0. The molecule has 0 aromatic heterocycles. The average Bonchev–Trinajstić information content (AvgIpc) is 2.97. The van der Waals surface area contributed by atoms with Crippen molar-refractivity contribution < 1.29 is 4.74 Å². The molecule has 2 aliphatic rings. The highest BCUT2D eigenvalue weighted by molar-refractivity contribution is 6.30. The molecule has 1 unspecified atom stereocenters. The van der Waals surface area contributed by atoms with Gasteiger partial charge in [0.2, 0.25) is 0 Å².